The van der Waals surface area contributed by atoms with Gasteiger partial charge >= 0.3 is 0 Å². The lowest BCUT2D eigenvalue weighted by Gasteiger charge is -2.18. The first-order chi connectivity index (χ1) is 11.4. The van der Waals surface area contributed by atoms with Crippen molar-refractivity contribution >= 4 is 26.6 Å². The predicted molar refractivity (Wildman–Crippen MR) is 94.0 cm³/mol. The minimum atomic E-state index is -2.99. The van der Waals surface area contributed by atoms with Crippen molar-refractivity contribution in [1.82, 2.24) is 10.3 Å². The number of hydrogen-bond acceptors (Lipinski definition) is 3. The summed E-state index contributed by atoms with van der Waals surface area (Å²) in [5.74, 6) is 0.702. The van der Waals surface area contributed by atoms with E-state index in [-0.39, 0.29) is 23.5 Å². The van der Waals surface area contributed by atoms with Gasteiger partial charge in [-0.05, 0) is 55.4 Å². The van der Waals surface area contributed by atoms with Gasteiger partial charge in [0, 0.05) is 28.2 Å². The Balaban J connectivity index is 1.60. The number of benzene rings is 1. The predicted octanol–water partition coefficient (Wildman–Crippen LogP) is 2.21. The Kier molecular flexibility index (Phi) is 3.67. The van der Waals surface area contributed by atoms with Gasteiger partial charge in [0.1, 0.15) is 0 Å². The fourth-order valence-electron chi connectivity index (χ4n) is 3.91. The molecule has 1 aromatic heterocycles. The lowest BCUT2D eigenvalue weighted by Crippen LogP contribution is -2.35. The molecule has 1 fully saturated rings. The van der Waals surface area contributed by atoms with E-state index in [0.717, 1.165) is 23.7 Å². The molecule has 1 aliphatic carbocycles. The standard InChI is InChI=1S/C18H22N2O3S/c1-11-2-4-16-14(8-11)15-9-12(3-5-17(15)20-16)18(21)19-13-6-7-24(22,23)10-13/h3,5,9,11,13,20H,2,4,6-8,10H2,1H3,(H,19,21). The molecule has 128 valence electrons. The van der Waals surface area contributed by atoms with E-state index in [1.165, 1.54) is 17.7 Å². The second kappa shape index (κ2) is 5.62. The molecule has 0 spiro atoms. The van der Waals surface area contributed by atoms with Crippen molar-refractivity contribution < 1.29 is 13.2 Å². The Hall–Kier alpha value is -1.82. The minimum Gasteiger partial charge on any atom is -0.358 e. The molecule has 5 nitrogen and oxygen atoms in total. The summed E-state index contributed by atoms with van der Waals surface area (Å²) < 4.78 is 23.1. The summed E-state index contributed by atoms with van der Waals surface area (Å²) in [7, 11) is -2.99. The molecule has 0 bridgehead atoms. The van der Waals surface area contributed by atoms with Gasteiger partial charge in [-0.2, -0.15) is 0 Å². The molecule has 2 aliphatic rings. The number of carbonyl (C=O) groups excluding carboxylic acids is 1. The molecule has 4 rings (SSSR count). The molecule has 2 N–H and O–H groups in total. The van der Waals surface area contributed by atoms with Crippen molar-refractivity contribution in [1.29, 1.82) is 0 Å². The number of aromatic amines is 1. The van der Waals surface area contributed by atoms with Crippen LogP contribution in [0.2, 0.25) is 0 Å². The molecule has 2 unspecified atom stereocenters. The number of rotatable bonds is 2. The minimum absolute atomic E-state index is 0.0536. The number of aromatic nitrogens is 1. The van der Waals surface area contributed by atoms with Gasteiger partial charge in [-0.25, -0.2) is 8.42 Å². The van der Waals surface area contributed by atoms with Crippen molar-refractivity contribution in [2.75, 3.05) is 11.5 Å². The first kappa shape index (κ1) is 15.7. The van der Waals surface area contributed by atoms with E-state index in [1.54, 1.807) is 0 Å². The topological polar surface area (TPSA) is 79.0 Å². The van der Waals surface area contributed by atoms with Crippen molar-refractivity contribution in [3.05, 3.63) is 35.0 Å². The number of amides is 1. The summed E-state index contributed by atoms with van der Waals surface area (Å²) in [5, 5.41) is 4.00. The molecule has 1 aliphatic heterocycles. The van der Waals surface area contributed by atoms with Gasteiger partial charge in [-0.3, -0.25) is 4.79 Å². The highest BCUT2D eigenvalue weighted by atomic mass is 32.2. The molecule has 1 saturated heterocycles. The Morgan fingerprint density at radius 3 is 2.88 bits per heavy atom. The Morgan fingerprint density at radius 1 is 1.29 bits per heavy atom. The smallest absolute Gasteiger partial charge is 0.251 e. The number of H-pyrrole nitrogens is 1. The van der Waals surface area contributed by atoms with E-state index in [1.807, 2.05) is 18.2 Å². The maximum absolute atomic E-state index is 12.5. The number of hydrogen-bond donors (Lipinski definition) is 2. The first-order valence-corrected chi connectivity index (χ1v) is 10.4. The fraction of sp³-hybridized carbons (Fsp3) is 0.500. The maximum Gasteiger partial charge on any atom is 0.251 e. The van der Waals surface area contributed by atoms with Gasteiger partial charge in [-0.1, -0.05) is 6.92 Å². The summed E-state index contributed by atoms with van der Waals surface area (Å²) in [6.07, 6.45) is 3.81. The second-order valence-corrected chi connectivity index (χ2v) is 9.49. The first-order valence-electron chi connectivity index (χ1n) is 8.56. The van der Waals surface area contributed by atoms with Gasteiger partial charge < -0.3 is 10.3 Å². The van der Waals surface area contributed by atoms with Gasteiger partial charge in [0.25, 0.3) is 5.91 Å². The highest BCUT2D eigenvalue weighted by Crippen LogP contribution is 2.32. The third-order valence-corrected chi connectivity index (χ3v) is 7.03. The Bertz CT molecular complexity index is 914. The number of nitrogens with one attached hydrogen (secondary N) is 2. The zero-order chi connectivity index (χ0) is 16.9. The highest BCUT2D eigenvalue weighted by Gasteiger charge is 2.29. The van der Waals surface area contributed by atoms with Crippen LogP contribution in [0.5, 0.6) is 0 Å². The van der Waals surface area contributed by atoms with Gasteiger partial charge in [0.15, 0.2) is 9.84 Å². The van der Waals surface area contributed by atoms with Crippen LogP contribution in [0.1, 0.15) is 41.4 Å². The Morgan fingerprint density at radius 2 is 2.12 bits per heavy atom. The van der Waals surface area contributed by atoms with E-state index < -0.39 is 9.84 Å². The van der Waals surface area contributed by atoms with Crippen molar-refractivity contribution in [2.45, 2.75) is 38.6 Å². The normalized spacial score (nSPS) is 25.5. The van der Waals surface area contributed by atoms with E-state index in [0.29, 0.717) is 17.9 Å². The molecule has 1 amide bonds. The van der Waals surface area contributed by atoms with Crippen LogP contribution in [-0.2, 0) is 22.7 Å². The number of aryl methyl sites for hydroxylation is 1. The third kappa shape index (κ3) is 2.83. The molecular formula is C18H22N2O3S. The van der Waals surface area contributed by atoms with Crippen LogP contribution < -0.4 is 5.32 Å². The maximum atomic E-state index is 12.5. The molecule has 2 heterocycles. The average Bonchev–Trinajstić information content (AvgIpc) is 3.06. The lowest BCUT2D eigenvalue weighted by molar-refractivity contribution is 0.0941. The summed E-state index contributed by atoms with van der Waals surface area (Å²) in [6, 6.07) is 5.45. The van der Waals surface area contributed by atoms with Crippen LogP contribution >= 0.6 is 0 Å². The second-order valence-electron chi connectivity index (χ2n) is 7.26. The number of fused-ring (bicyclic) bond motifs is 3. The molecule has 1 aromatic carbocycles. The molecule has 2 atom stereocenters. The SMILES string of the molecule is CC1CCc2[nH]c3ccc(C(=O)NC4CCS(=O)(=O)C4)cc3c2C1. The summed E-state index contributed by atoms with van der Waals surface area (Å²) in [4.78, 5) is 16.0. The van der Waals surface area contributed by atoms with E-state index in [2.05, 4.69) is 17.2 Å². The van der Waals surface area contributed by atoms with Crippen molar-refractivity contribution in [3.63, 3.8) is 0 Å². The zero-order valence-corrected chi connectivity index (χ0v) is 14.6. The number of sulfone groups is 1. The summed E-state index contributed by atoms with van der Waals surface area (Å²) in [5.41, 5.74) is 4.31. The highest BCUT2D eigenvalue weighted by molar-refractivity contribution is 7.91. The molecule has 2 aromatic rings. The quantitative estimate of drug-likeness (QED) is 0.875. The molecule has 0 saturated carbocycles. The van der Waals surface area contributed by atoms with Crippen LogP contribution in [0, 0.1) is 5.92 Å². The summed E-state index contributed by atoms with van der Waals surface area (Å²) in [6.45, 7) is 2.26. The monoisotopic (exact) mass is 346 g/mol. The third-order valence-electron chi connectivity index (χ3n) is 5.26. The molecular weight excluding hydrogens is 324 g/mol. The lowest BCUT2D eigenvalue weighted by atomic mass is 9.87. The zero-order valence-electron chi connectivity index (χ0n) is 13.8. The van der Waals surface area contributed by atoms with Crippen LogP contribution in [0.3, 0.4) is 0 Å². The van der Waals surface area contributed by atoms with Gasteiger partial charge in [-0.15, -0.1) is 0 Å². The number of carbonyl (C=O) groups is 1. The molecule has 6 heteroatoms. The van der Waals surface area contributed by atoms with Crippen LogP contribution in [0.25, 0.3) is 10.9 Å². The fourth-order valence-corrected chi connectivity index (χ4v) is 5.58. The molecule has 24 heavy (non-hydrogen) atoms. The van der Waals surface area contributed by atoms with E-state index in [4.69, 9.17) is 0 Å². The Labute approximate surface area is 141 Å². The average molecular weight is 346 g/mol. The van der Waals surface area contributed by atoms with Gasteiger partial charge in [0.05, 0.1) is 11.5 Å². The van der Waals surface area contributed by atoms with E-state index in [9.17, 15) is 13.2 Å². The van der Waals surface area contributed by atoms with E-state index >= 15 is 0 Å². The largest absolute Gasteiger partial charge is 0.358 e. The van der Waals surface area contributed by atoms with Crippen molar-refractivity contribution in [3.8, 4) is 0 Å². The van der Waals surface area contributed by atoms with Crippen LogP contribution in [0.4, 0.5) is 0 Å². The molecule has 0 radical (unpaired) electrons. The summed E-state index contributed by atoms with van der Waals surface area (Å²) >= 11 is 0. The van der Waals surface area contributed by atoms with Gasteiger partial charge in [0.2, 0.25) is 0 Å². The van der Waals surface area contributed by atoms with Crippen LogP contribution in [-0.4, -0.2) is 36.9 Å². The van der Waals surface area contributed by atoms with Crippen molar-refractivity contribution in [2.24, 2.45) is 5.92 Å². The van der Waals surface area contributed by atoms with Crippen LogP contribution in [0.15, 0.2) is 18.2 Å².